The van der Waals surface area contributed by atoms with Crippen molar-refractivity contribution >= 4 is 18.1 Å². The first kappa shape index (κ1) is 8.80. The van der Waals surface area contributed by atoms with E-state index in [4.69, 9.17) is 16.3 Å². The molecule has 0 bridgehead atoms. The molecule has 0 unspecified atom stereocenters. The maximum absolute atomic E-state index is 9.92. The molecule has 0 aliphatic heterocycles. The van der Waals surface area contributed by atoms with Crippen molar-refractivity contribution in [2.24, 2.45) is 0 Å². The number of ether oxygens (including phenoxy) is 2. The molecule has 0 aromatic carbocycles. The van der Waals surface area contributed by atoms with Gasteiger partial charge in [0.25, 0.3) is 6.47 Å². The number of carbonyl (C=O) groups excluding carboxylic acids is 1. The van der Waals surface area contributed by atoms with E-state index in [1.54, 1.807) is 0 Å². The van der Waals surface area contributed by atoms with E-state index in [1.807, 2.05) is 0 Å². The topological polar surface area (TPSA) is 48.4 Å². The van der Waals surface area contributed by atoms with Gasteiger partial charge in [-0.25, -0.2) is 4.98 Å². The molecule has 0 saturated carbocycles. The lowest BCUT2D eigenvalue weighted by Gasteiger charge is -2.01. The fourth-order valence-electron chi connectivity index (χ4n) is 0.678. The van der Waals surface area contributed by atoms with Crippen LogP contribution in [0.5, 0.6) is 11.6 Å². The van der Waals surface area contributed by atoms with Gasteiger partial charge in [-0.1, -0.05) is 11.6 Å². The molecule has 5 heteroatoms. The van der Waals surface area contributed by atoms with Crippen LogP contribution in [-0.4, -0.2) is 18.6 Å². The summed E-state index contributed by atoms with van der Waals surface area (Å²) in [6.07, 6.45) is 1.35. The zero-order chi connectivity index (χ0) is 8.97. The van der Waals surface area contributed by atoms with Crippen molar-refractivity contribution in [2.75, 3.05) is 7.11 Å². The van der Waals surface area contributed by atoms with Crippen LogP contribution in [0.3, 0.4) is 0 Å². The maximum Gasteiger partial charge on any atom is 0.298 e. The van der Waals surface area contributed by atoms with E-state index >= 15 is 0 Å². The van der Waals surface area contributed by atoms with Gasteiger partial charge in [0.2, 0.25) is 5.88 Å². The van der Waals surface area contributed by atoms with Gasteiger partial charge in [0.1, 0.15) is 5.02 Å². The quantitative estimate of drug-likeness (QED) is 0.669. The first-order valence-electron chi connectivity index (χ1n) is 3.07. The van der Waals surface area contributed by atoms with Gasteiger partial charge < -0.3 is 9.47 Å². The van der Waals surface area contributed by atoms with Gasteiger partial charge in [0.05, 0.1) is 13.3 Å². The average Bonchev–Trinajstić information content (AvgIpc) is 2.05. The van der Waals surface area contributed by atoms with Crippen LogP contribution in [0.25, 0.3) is 0 Å². The van der Waals surface area contributed by atoms with E-state index in [0.29, 0.717) is 17.4 Å². The van der Waals surface area contributed by atoms with Crippen LogP contribution in [0.2, 0.25) is 5.02 Å². The Morgan fingerprint density at radius 2 is 2.42 bits per heavy atom. The second kappa shape index (κ2) is 3.92. The van der Waals surface area contributed by atoms with E-state index in [2.05, 4.69) is 9.72 Å². The molecule has 64 valence electrons. The van der Waals surface area contributed by atoms with Crippen molar-refractivity contribution < 1.29 is 14.3 Å². The number of carbonyl (C=O) groups is 1. The van der Waals surface area contributed by atoms with Gasteiger partial charge >= 0.3 is 0 Å². The van der Waals surface area contributed by atoms with Crippen molar-refractivity contribution in [3.8, 4) is 11.6 Å². The molecule has 0 saturated heterocycles. The van der Waals surface area contributed by atoms with Gasteiger partial charge in [-0.15, -0.1) is 0 Å². The molecule has 0 spiro atoms. The van der Waals surface area contributed by atoms with Crippen LogP contribution >= 0.6 is 11.6 Å². The highest BCUT2D eigenvalue weighted by Crippen LogP contribution is 2.24. The molecule has 0 amide bonds. The van der Waals surface area contributed by atoms with E-state index in [-0.39, 0.29) is 5.75 Å². The molecule has 0 N–H and O–H groups in total. The molecule has 4 nitrogen and oxygen atoms in total. The van der Waals surface area contributed by atoms with E-state index in [0.717, 1.165) is 0 Å². The van der Waals surface area contributed by atoms with Crippen molar-refractivity contribution in [1.82, 2.24) is 4.98 Å². The van der Waals surface area contributed by atoms with Crippen LogP contribution in [0.4, 0.5) is 0 Å². The molecule has 0 aliphatic rings. The van der Waals surface area contributed by atoms with Gasteiger partial charge in [0, 0.05) is 6.07 Å². The highest BCUT2D eigenvalue weighted by molar-refractivity contribution is 6.31. The third-order valence-corrected chi connectivity index (χ3v) is 1.43. The SMILES string of the molecule is COc1ncc(OC=O)cc1Cl. The number of pyridine rings is 1. The average molecular weight is 188 g/mol. The fourth-order valence-corrected chi connectivity index (χ4v) is 0.912. The summed E-state index contributed by atoms with van der Waals surface area (Å²) in [7, 11) is 1.45. The molecule has 1 rings (SSSR count). The summed E-state index contributed by atoms with van der Waals surface area (Å²) < 4.78 is 9.29. The van der Waals surface area contributed by atoms with Crippen LogP contribution < -0.4 is 9.47 Å². The van der Waals surface area contributed by atoms with Crippen molar-refractivity contribution in [1.29, 1.82) is 0 Å². The minimum Gasteiger partial charge on any atom is -0.480 e. The Morgan fingerprint density at radius 3 is 2.92 bits per heavy atom. The van der Waals surface area contributed by atoms with E-state index in [1.165, 1.54) is 19.4 Å². The summed E-state index contributed by atoms with van der Waals surface area (Å²) in [5.41, 5.74) is 0. The summed E-state index contributed by atoms with van der Waals surface area (Å²) in [6, 6.07) is 1.45. The molecule has 0 atom stereocenters. The molecule has 1 heterocycles. The predicted molar refractivity (Wildman–Crippen MR) is 42.5 cm³/mol. The standard InChI is InChI=1S/C7H6ClNO3/c1-11-7-6(8)2-5(3-9-7)12-4-10/h2-4H,1H3. The van der Waals surface area contributed by atoms with Gasteiger partial charge in [0.15, 0.2) is 5.75 Å². The summed E-state index contributed by atoms with van der Waals surface area (Å²) in [5.74, 6) is 0.589. The normalized spacial score (nSPS) is 9.17. The first-order chi connectivity index (χ1) is 5.77. The third-order valence-electron chi connectivity index (χ3n) is 1.16. The second-order valence-corrected chi connectivity index (χ2v) is 2.28. The number of nitrogens with zero attached hydrogens (tertiary/aromatic N) is 1. The maximum atomic E-state index is 9.92. The lowest BCUT2D eigenvalue weighted by molar-refractivity contribution is -0.120. The zero-order valence-electron chi connectivity index (χ0n) is 6.28. The third kappa shape index (κ3) is 1.85. The summed E-state index contributed by atoms with van der Waals surface area (Å²) >= 11 is 5.68. The van der Waals surface area contributed by atoms with Crippen LogP contribution in [-0.2, 0) is 4.79 Å². The summed E-state index contributed by atoms with van der Waals surface area (Å²) in [6.45, 7) is 0.305. The largest absolute Gasteiger partial charge is 0.480 e. The zero-order valence-corrected chi connectivity index (χ0v) is 7.04. The number of hydrogen-bond donors (Lipinski definition) is 0. The number of hydrogen-bond acceptors (Lipinski definition) is 4. The highest BCUT2D eigenvalue weighted by atomic mass is 35.5. The van der Waals surface area contributed by atoms with Crippen molar-refractivity contribution in [3.63, 3.8) is 0 Å². The van der Waals surface area contributed by atoms with Crippen molar-refractivity contribution in [2.45, 2.75) is 0 Å². The van der Waals surface area contributed by atoms with Crippen LogP contribution in [0.1, 0.15) is 0 Å². The monoisotopic (exact) mass is 187 g/mol. The molecule has 1 aromatic rings. The summed E-state index contributed by atoms with van der Waals surface area (Å²) in [5, 5.41) is 0.303. The molecule has 0 radical (unpaired) electrons. The van der Waals surface area contributed by atoms with Crippen molar-refractivity contribution in [3.05, 3.63) is 17.3 Å². The molecular formula is C7H6ClNO3. The Bertz CT molecular complexity index is 290. The fraction of sp³-hybridized carbons (Fsp3) is 0.143. The summed E-state index contributed by atoms with van der Waals surface area (Å²) in [4.78, 5) is 13.7. The molecular weight excluding hydrogens is 182 g/mol. The number of halogens is 1. The van der Waals surface area contributed by atoms with Gasteiger partial charge in [-0.05, 0) is 0 Å². The Labute approximate surface area is 74.1 Å². The minimum atomic E-state index is 0.288. The number of methoxy groups -OCH3 is 1. The molecule has 12 heavy (non-hydrogen) atoms. The lowest BCUT2D eigenvalue weighted by Crippen LogP contribution is -1.92. The Morgan fingerprint density at radius 1 is 1.67 bits per heavy atom. The first-order valence-corrected chi connectivity index (χ1v) is 3.45. The second-order valence-electron chi connectivity index (χ2n) is 1.88. The molecule has 0 aliphatic carbocycles. The Kier molecular flexibility index (Phi) is 2.88. The van der Waals surface area contributed by atoms with Gasteiger partial charge in [-0.3, -0.25) is 4.79 Å². The highest BCUT2D eigenvalue weighted by Gasteiger charge is 2.03. The Hall–Kier alpha value is -1.29. The molecule has 0 fully saturated rings. The lowest BCUT2D eigenvalue weighted by atomic mass is 10.4. The van der Waals surface area contributed by atoms with Gasteiger partial charge in [-0.2, -0.15) is 0 Å². The van der Waals surface area contributed by atoms with E-state index in [9.17, 15) is 4.79 Å². The van der Waals surface area contributed by atoms with Crippen LogP contribution in [0.15, 0.2) is 12.3 Å². The predicted octanol–water partition coefficient (Wildman–Crippen LogP) is 1.28. The number of rotatable bonds is 3. The number of aromatic nitrogens is 1. The minimum absolute atomic E-state index is 0.288. The smallest absolute Gasteiger partial charge is 0.298 e. The van der Waals surface area contributed by atoms with Crippen LogP contribution in [0, 0.1) is 0 Å². The van der Waals surface area contributed by atoms with E-state index < -0.39 is 0 Å². The Balaban J connectivity index is 2.93. The molecule has 1 aromatic heterocycles.